The molecule has 2 aliphatic heterocycles. The van der Waals surface area contributed by atoms with E-state index in [0.717, 1.165) is 30.4 Å². The number of β-lactam (4-membered cyclic amide) rings is 1. The minimum Gasteiger partial charge on any atom is -0.360 e. The molecular formula is C27H31NO2. The van der Waals surface area contributed by atoms with Crippen molar-refractivity contribution in [2.24, 2.45) is 29.1 Å². The van der Waals surface area contributed by atoms with Crippen molar-refractivity contribution < 1.29 is 9.53 Å². The highest BCUT2D eigenvalue weighted by atomic mass is 16.5. The van der Waals surface area contributed by atoms with E-state index in [-0.39, 0.29) is 23.7 Å². The molecule has 4 aliphatic rings. The molecule has 30 heavy (non-hydrogen) atoms. The Morgan fingerprint density at radius 2 is 1.60 bits per heavy atom. The quantitative estimate of drug-likeness (QED) is 0.670. The minimum absolute atomic E-state index is 0.136. The summed E-state index contributed by atoms with van der Waals surface area (Å²) in [5.74, 6) is 2.59. The van der Waals surface area contributed by atoms with Crippen LogP contribution in [-0.2, 0) is 16.0 Å². The third-order valence-electron chi connectivity index (χ3n) is 8.99. The first-order valence-electron chi connectivity index (χ1n) is 11.5. The minimum atomic E-state index is -0.293. The average molecular weight is 402 g/mol. The molecule has 3 heteroatoms. The third-order valence-corrected chi connectivity index (χ3v) is 8.99. The number of rotatable bonds is 3. The van der Waals surface area contributed by atoms with Gasteiger partial charge in [0.05, 0.1) is 11.6 Å². The van der Waals surface area contributed by atoms with Gasteiger partial charge in [-0.3, -0.25) is 4.79 Å². The third kappa shape index (κ3) is 2.51. The first kappa shape index (κ1) is 18.6. The Morgan fingerprint density at radius 1 is 0.933 bits per heavy atom. The van der Waals surface area contributed by atoms with Crippen molar-refractivity contribution in [2.75, 3.05) is 4.90 Å². The molecule has 6 rings (SSSR count). The molecule has 0 spiro atoms. The fourth-order valence-electron chi connectivity index (χ4n) is 7.19. The summed E-state index contributed by atoms with van der Waals surface area (Å²) >= 11 is 0. The number of amides is 1. The summed E-state index contributed by atoms with van der Waals surface area (Å²) < 4.78 is 6.71. The molecule has 2 heterocycles. The summed E-state index contributed by atoms with van der Waals surface area (Å²) in [6, 6.07) is 21.1. The maximum absolute atomic E-state index is 13.2. The number of hydrogen-bond donors (Lipinski definition) is 0. The van der Waals surface area contributed by atoms with E-state index < -0.39 is 0 Å². The summed E-state index contributed by atoms with van der Waals surface area (Å²) in [6.07, 6.45) is 3.05. The maximum Gasteiger partial charge on any atom is 0.258 e. The zero-order chi connectivity index (χ0) is 20.7. The van der Waals surface area contributed by atoms with Crippen molar-refractivity contribution in [3.05, 3.63) is 66.2 Å². The molecule has 156 valence electrons. The van der Waals surface area contributed by atoms with Crippen molar-refractivity contribution in [2.45, 2.75) is 57.8 Å². The van der Waals surface area contributed by atoms with Gasteiger partial charge in [-0.25, -0.2) is 0 Å². The number of carbonyl (C=O) groups is 1. The first-order chi connectivity index (χ1) is 14.4. The molecule has 2 aromatic carbocycles. The van der Waals surface area contributed by atoms with Crippen molar-refractivity contribution in [3.63, 3.8) is 0 Å². The second-order valence-corrected chi connectivity index (χ2v) is 10.8. The van der Waals surface area contributed by atoms with Gasteiger partial charge in [0.1, 0.15) is 0 Å². The fraction of sp³-hybridized carbons (Fsp3) is 0.519. The summed E-state index contributed by atoms with van der Waals surface area (Å²) in [6.45, 7) is 7.14. The van der Waals surface area contributed by atoms with Crippen LogP contribution in [0.5, 0.6) is 0 Å². The van der Waals surface area contributed by atoms with Crippen molar-refractivity contribution in [3.8, 4) is 0 Å². The van der Waals surface area contributed by atoms with Gasteiger partial charge in [-0.05, 0) is 73.0 Å². The van der Waals surface area contributed by atoms with Crippen molar-refractivity contribution in [1.82, 2.24) is 0 Å². The Kier molecular flexibility index (Phi) is 3.85. The summed E-state index contributed by atoms with van der Waals surface area (Å²) in [5.41, 5.74) is 2.61. The topological polar surface area (TPSA) is 29.5 Å². The number of fused-ring (bicyclic) bond motifs is 3. The van der Waals surface area contributed by atoms with Crippen LogP contribution >= 0.6 is 0 Å². The number of ether oxygens (including phenoxy) is 1. The lowest BCUT2D eigenvalue weighted by molar-refractivity contribution is -0.218. The van der Waals surface area contributed by atoms with Gasteiger partial charge in [0, 0.05) is 5.69 Å². The lowest BCUT2D eigenvalue weighted by Crippen LogP contribution is -2.76. The predicted octanol–water partition coefficient (Wildman–Crippen LogP) is 5.10. The molecule has 0 bridgehead atoms. The molecular weight excluding hydrogens is 370 g/mol. The number of carbonyl (C=O) groups excluding carboxylic acids is 1. The number of para-hydroxylation sites is 1. The SMILES string of the molecule is CC1(C)[C@@H]2C[C@]3(C)O[C@@H]4C(=O)N(c5ccccc5)[C@@H]4[C@@H](Cc4ccccc4)[C@H]3C[C@@H]21. The second-order valence-electron chi connectivity index (χ2n) is 10.8. The monoisotopic (exact) mass is 401 g/mol. The van der Waals surface area contributed by atoms with E-state index in [1.165, 1.54) is 12.0 Å². The van der Waals surface area contributed by atoms with E-state index in [4.69, 9.17) is 4.74 Å². The second kappa shape index (κ2) is 6.20. The van der Waals surface area contributed by atoms with Gasteiger partial charge in [-0.1, -0.05) is 62.4 Å². The molecule has 1 amide bonds. The van der Waals surface area contributed by atoms with Gasteiger partial charge in [0.25, 0.3) is 5.91 Å². The highest BCUT2D eigenvalue weighted by Gasteiger charge is 2.70. The van der Waals surface area contributed by atoms with E-state index in [0.29, 0.717) is 17.3 Å². The molecule has 2 aromatic rings. The molecule has 0 unspecified atom stereocenters. The van der Waals surface area contributed by atoms with Gasteiger partial charge in [0.15, 0.2) is 6.10 Å². The summed E-state index contributed by atoms with van der Waals surface area (Å²) in [4.78, 5) is 15.3. The van der Waals surface area contributed by atoms with E-state index in [1.54, 1.807) is 0 Å². The largest absolute Gasteiger partial charge is 0.360 e. The van der Waals surface area contributed by atoms with Crippen LogP contribution in [-0.4, -0.2) is 23.7 Å². The number of nitrogens with zero attached hydrogens (tertiary/aromatic N) is 1. The lowest BCUT2D eigenvalue weighted by Gasteiger charge is -2.62. The fourth-order valence-corrected chi connectivity index (χ4v) is 7.19. The van der Waals surface area contributed by atoms with Crippen LogP contribution in [0.3, 0.4) is 0 Å². The zero-order valence-electron chi connectivity index (χ0n) is 18.1. The molecule has 2 aliphatic carbocycles. The van der Waals surface area contributed by atoms with Crippen molar-refractivity contribution in [1.29, 1.82) is 0 Å². The van der Waals surface area contributed by atoms with E-state index in [2.05, 4.69) is 63.2 Å². The Hall–Kier alpha value is -2.13. The van der Waals surface area contributed by atoms with E-state index >= 15 is 0 Å². The highest BCUT2D eigenvalue weighted by Crippen LogP contribution is 2.70. The molecule has 0 N–H and O–H groups in total. The van der Waals surface area contributed by atoms with E-state index in [1.807, 2.05) is 23.1 Å². The molecule has 0 aromatic heterocycles. The average Bonchev–Trinajstić information content (AvgIpc) is 3.27. The van der Waals surface area contributed by atoms with Crippen LogP contribution in [0.4, 0.5) is 5.69 Å². The molecule has 3 nitrogen and oxygen atoms in total. The first-order valence-corrected chi connectivity index (χ1v) is 11.5. The van der Waals surface area contributed by atoms with Crippen LogP contribution in [0.2, 0.25) is 0 Å². The highest BCUT2D eigenvalue weighted by molar-refractivity contribution is 6.05. The maximum atomic E-state index is 13.2. The Bertz CT molecular complexity index is 971. The summed E-state index contributed by atoms with van der Waals surface area (Å²) in [5, 5.41) is 0. The standard InChI is InChI=1S/C27H31NO2/c1-26(2)21-15-20-19(14-17-10-6-4-7-11-17)23-24(30-27(20,3)16-22(21)26)25(29)28(23)18-12-8-5-9-13-18/h4-13,19-24H,14-16H2,1-3H3/t19-,20+,21-,22+,23+,24-,27-/m0/s1. The van der Waals surface area contributed by atoms with Gasteiger partial charge >= 0.3 is 0 Å². The lowest BCUT2D eigenvalue weighted by atomic mass is 9.61. The summed E-state index contributed by atoms with van der Waals surface area (Å²) in [7, 11) is 0. The van der Waals surface area contributed by atoms with Crippen LogP contribution in [0.15, 0.2) is 60.7 Å². The molecule has 4 fully saturated rings. The Labute approximate surface area is 179 Å². The molecule has 2 saturated heterocycles. The smallest absolute Gasteiger partial charge is 0.258 e. The van der Waals surface area contributed by atoms with Crippen LogP contribution in [0.25, 0.3) is 0 Å². The normalized spacial score (nSPS) is 40.6. The number of anilines is 1. The zero-order valence-corrected chi connectivity index (χ0v) is 18.1. The van der Waals surface area contributed by atoms with Gasteiger partial charge in [-0.2, -0.15) is 0 Å². The van der Waals surface area contributed by atoms with Gasteiger partial charge < -0.3 is 9.64 Å². The van der Waals surface area contributed by atoms with Crippen LogP contribution < -0.4 is 4.90 Å². The number of benzene rings is 2. The number of hydrogen-bond acceptors (Lipinski definition) is 2. The van der Waals surface area contributed by atoms with Crippen molar-refractivity contribution >= 4 is 11.6 Å². The van der Waals surface area contributed by atoms with Crippen LogP contribution in [0.1, 0.15) is 39.2 Å². The molecule has 0 radical (unpaired) electrons. The molecule has 2 saturated carbocycles. The predicted molar refractivity (Wildman–Crippen MR) is 118 cm³/mol. The Morgan fingerprint density at radius 3 is 2.30 bits per heavy atom. The van der Waals surface area contributed by atoms with E-state index in [9.17, 15) is 4.79 Å². The van der Waals surface area contributed by atoms with Crippen LogP contribution in [0, 0.1) is 29.1 Å². The molecule has 7 atom stereocenters. The van der Waals surface area contributed by atoms with Gasteiger partial charge in [-0.15, -0.1) is 0 Å². The van der Waals surface area contributed by atoms with Gasteiger partial charge in [0.2, 0.25) is 0 Å². The Balaban J connectivity index is 1.40.